The molecule has 3 saturated heterocycles. The highest BCUT2D eigenvalue weighted by atomic mass is 79.9. The maximum absolute atomic E-state index is 14.4. The summed E-state index contributed by atoms with van der Waals surface area (Å²) in [6.07, 6.45) is 3.65. The zero-order valence-corrected chi connectivity index (χ0v) is 29.1. The Hall–Kier alpha value is -3.06. The minimum atomic E-state index is -1.25. The molecule has 2 bridgehead atoms. The number of benzene rings is 1. The van der Waals surface area contributed by atoms with Crippen LogP contribution in [0.3, 0.4) is 0 Å². The predicted octanol–water partition coefficient (Wildman–Crippen LogP) is 3.31. The van der Waals surface area contributed by atoms with Crippen molar-refractivity contribution < 1.29 is 38.5 Å². The first-order valence-electron chi connectivity index (χ1n) is 16.3. The molecule has 47 heavy (non-hydrogen) atoms. The molecule has 3 amide bonds. The Bertz CT molecular complexity index is 1290. The summed E-state index contributed by atoms with van der Waals surface area (Å²) in [4.78, 5) is 58.8. The van der Waals surface area contributed by atoms with Crippen LogP contribution >= 0.6 is 15.9 Å². The fraction of sp³-hybridized carbons (Fsp3) is 0.600. The summed E-state index contributed by atoms with van der Waals surface area (Å²) in [6, 6.07) is 7.23. The molecular formula is C35H48BrN3O8. The van der Waals surface area contributed by atoms with Gasteiger partial charge in [-0.15, -0.1) is 13.2 Å². The Morgan fingerprint density at radius 3 is 2.55 bits per heavy atom. The van der Waals surface area contributed by atoms with Crippen molar-refractivity contribution in [1.29, 1.82) is 0 Å². The van der Waals surface area contributed by atoms with E-state index in [4.69, 9.17) is 14.2 Å². The number of aliphatic hydroxyl groups excluding tert-OH is 1. The lowest BCUT2D eigenvalue weighted by Gasteiger charge is -2.38. The van der Waals surface area contributed by atoms with Crippen LogP contribution < -0.4 is 5.32 Å². The van der Waals surface area contributed by atoms with Gasteiger partial charge < -0.3 is 34.4 Å². The van der Waals surface area contributed by atoms with Gasteiger partial charge in [-0.2, -0.15) is 0 Å². The van der Waals surface area contributed by atoms with Crippen LogP contribution in [0, 0.1) is 11.8 Å². The number of esters is 1. The van der Waals surface area contributed by atoms with Crippen molar-refractivity contribution >= 4 is 39.6 Å². The molecule has 1 aromatic rings. The van der Waals surface area contributed by atoms with Gasteiger partial charge in [-0.3, -0.25) is 19.2 Å². The topological polar surface area (TPSA) is 135 Å². The molecule has 0 aliphatic carbocycles. The van der Waals surface area contributed by atoms with Gasteiger partial charge in [0.05, 0.1) is 30.6 Å². The van der Waals surface area contributed by atoms with E-state index in [-0.39, 0.29) is 61.3 Å². The number of nitrogens with one attached hydrogen (secondary N) is 1. The lowest BCUT2D eigenvalue weighted by molar-refractivity contribution is -0.163. The number of halogens is 1. The van der Waals surface area contributed by atoms with Gasteiger partial charge in [0.1, 0.15) is 17.7 Å². The largest absolute Gasteiger partial charge is 0.455 e. The predicted molar refractivity (Wildman–Crippen MR) is 179 cm³/mol. The molecule has 3 aliphatic rings. The lowest BCUT2D eigenvalue weighted by atomic mass is 9.70. The number of allylic oxidation sites excluding steroid dienone is 1. The van der Waals surface area contributed by atoms with Crippen molar-refractivity contribution in [3.63, 3.8) is 0 Å². The highest BCUT2D eigenvalue weighted by Crippen LogP contribution is 2.60. The molecule has 2 N–H and O–H groups in total. The second-order valence-electron chi connectivity index (χ2n) is 12.7. The summed E-state index contributed by atoms with van der Waals surface area (Å²) in [7, 11) is 1.50. The van der Waals surface area contributed by atoms with Crippen molar-refractivity contribution in [2.45, 2.75) is 86.7 Å². The molecule has 3 aliphatic heterocycles. The Morgan fingerprint density at radius 2 is 1.94 bits per heavy atom. The van der Waals surface area contributed by atoms with Crippen LogP contribution in [0.4, 0.5) is 0 Å². The average molecular weight is 719 g/mol. The molecule has 1 unspecified atom stereocenters. The highest BCUT2D eigenvalue weighted by molar-refractivity contribution is 9.09. The number of likely N-dealkylation sites (tertiary alicyclic amines) is 1. The highest BCUT2D eigenvalue weighted by Gasteiger charge is 2.77. The number of ether oxygens (including phenoxy) is 3. The van der Waals surface area contributed by atoms with Crippen molar-refractivity contribution in [3.05, 3.63) is 61.2 Å². The van der Waals surface area contributed by atoms with E-state index in [9.17, 15) is 24.3 Å². The third-order valence-electron chi connectivity index (χ3n) is 9.34. The van der Waals surface area contributed by atoms with E-state index < -0.39 is 47.7 Å². The van der Waals surface area contributed by atoms with Crippen molar-refractivity contribution in [1.82, 2.24) is 15.1 Å². The van der Waals surface area contributed by atoms with Gasteiger partial charge in [0, 0.05) is 44.1 Å². The quantitative estimate of drug-likeness (QED) is 0.102. The molecule has 12 heteroatoms. The van der Waals surface area contributed by atoms with E-state index in [1.807, 2.05) is 32.0 Å². The van der Waals surface area contributed by atoms with E-state index in [0.717, 1.165) is 0 Å². The maximum Gasteiger partial charge on any atom is 0.313 e. The van der Waals surface area contributed by atoms with Crippen molar-refractivity contribution in [2.24, 2.45) is 11.8 Å². The normalized spacial score (nSPS) is 27.3. The number of fused-ring (bicyclic) bond motifs is 1. The SMILES string of the molecule is C=CCCC(=O)N[C@H](COC)[C@H](OC(=O)[C@H]1[C@@H]2O[C@@]3(CC2Br)[C@@H]1C(=O)N(CCCCO)[C@@H]3C(=O)N(CC=C)C(C)C)c1ccccc1. The van der Waals surface area contributed by atoms with Crippen LogP contribution in [0.1, 0.15) is 57.6 Å². The molecule has 8 atom stereocenters. The maximum atomic E-state index is 14.4. The number of carbonyl (C=O) groups excluding carboxylic acids is 4. The first-order chi connectivity index (χ1) is 22.6. The summed E-state index contributed by atoms with van der Waals surface area (Å²) < 4.78 is 18.4. The van der Waals surface area contributed by atoms with Gasteiger partial charge in [-0.1, -0.05) is 58.4 Å². The van der Waals surface area contributed by atoms with Gasteiger partial charge >= 0.3 is 5.97 Å². The number of rotatable bonds is 18. The van der Waals surface area contributed by atoms with Crippen LogP contribution in [0.15, 0.2) is 55.6 Å². The van der Waals surface area contributed by atoms with E-state index >= 15 is 0 Å². The fourth-order valence-corrected chi connectivity index (χ4v) is 8.23. The third-order valence-corrected chi connectivity index (χ3v) is 10.2. The van der Waals surface area contributed by atoms with Gasteiger partial charge in [0.15, 0.2) is 0 Å². The molecule has 0 radical (unpaired) electrons. The van der Waals surface area contributed by atoms with Gasteiger partial charge in [0.25, 0.3) is 0 Å². The number of hydrogen-bond donors (Lipinski definition) is 2. The molecule has 3 heterocycles. The smallest absolute Gasteiger partial charge is 0.313 e. The monoisotopic (exact) mass is 717 g/mol. The first kappa shape index (κ1) is 36.8. The summed E-state index contributed by atoms with van der Waals surface area (Å²) in [6.45, 7) is 11.8. The molecule has 0 saturated carbocycles. The number of hydrogen-bond acceptors (Lipinski definition) is 8. The molecule has 3 fully saturated rings. The third kappa shape index (κ3) is 7.50. The number of alkyl halides is 1. The number of carbonyl (C=O) groups is 4. The van der Waals surface area contributed by atoms with Crippen molar-refractivity contribution in [2.75, 3.05) is 33.4 Å². The molecule has 0 aromatic heterocycles. The van der Waals surface area contributed by atoms with Crippen LogP contribution in [0.2, 0.25) is 0 Å². The summed E-state index contributed by atoms with van der Waals surface area (Å²) in [5.74, 6) is -3.45. The number of methoxy groups -OCH3 is 1. The molecular weight excluding hydrogens is 670 g/mol. The zero-order chi connectivity index (χ0) is 34.3. The minimum Gasteiger partial charge on any atom is -0.455 e. The first-order valence-corrected chi connectivity index (χ1v) is 17.3. The Labute approximate surface area is 285 Å². The molecule has 1 aromatic carbocycles. The second kappa shape index (κ2) is 16.4. The Kier molecular flexibility index (Phi) is 12.8. The summed E-state index contributed by atoms with van der Waals surface area (Å²) in [5.41, 5.74) is -0.605. The van der Waals surface area contributed by atoms with Gasteiger partial charge in [0.2, 0.25) is 17.7 Å². The number of aliphatic hydroxyl groups is 1. The summed E-state index contributed by atoms with van der Waals surface area (Å²) >= 11 is 3.71. The van der Waals surface area contributed by atoms with Gasteiger partial charge in [-0.25, -0.2) is 0 Å². The second-order valence-corrected chi connectivity index (χ2v) is 13.9. The molecule has 4 rings (SSSR count). The number of nitrogens with zero attached hydrogens (tertiary/aromatic N) is 2. The van der Waals surface area contributed by atoms with E-state index in [0.29, 0.717) is 31.2 Å². The van der Waals surface area contributed by atoms with Crippen LogP contribution in [-0.2, 0) is 33.4 Å². The lowest BCUT2D eigenvalue weighted by Crippen LogP contribution is -2.58. The van der Waals surface area contributed by atoms with Gasteiger partial charge in [-0.05, 0) is 45.1 Å². The minimum absolute atomic E-state index is 0.0472. The van der Waals surface area contributed by atoms with E-state index in [2.05, 4.69) is 34.4 Å². The fourth-order valence-electron chi connectivity index (χ4n) is 7.29. The standard InChI is InChI=1S/C35H48BrN3O8/c1-6-8-16-26(41)37-25(21-45-5)29(23-14-10-9-11-15-23)46-34(44)27-28-32(42)39(18-12-13-19-40)31(33(43)38(17-7-2)22(3)4)35(28)20-24(36)30(27)47-35/h6-7,9-11,14-15,22,24-25,27-31,40H,1-2,8,12-13,16-21H2,3-5H3,(H,37,41)/t24?,25-,27-,28+,29-,30-,31-,35+/m1/s1. The van der Waals surface area contributed by atoms with Crippen LogP contribution in [0.5, 0.6) is 0 Å². The molecule has 1 spiro atoms. The van der Waals surface area contributed by atoms with Crippen molar-refractivity contribution in [3.8, 4) is 0 Å². The number of amides is 3. The molecule has 258 valence electrons. The zero-order valence-electron chi connectivity index (χ0n) is 27.5. The average Bonchev–Trinajstić information content (AvgIpc) is 3.64. The van der Waals surface area contributed by atoms with Crippen LogP contribution in [-0.4, -0.2) is 107 Å². The van der Waals surface area contributed by atoms with E-state index in [1.165, 1.54) is 7.11 Å². The Balaban J connectivity index is 1.71. The van der Waals surface area contributed by atoms with E-state index in [1.54, 1.807) is 34.1 Å². The summed E-state index contributed by atoms with van der Waals surface area (Å²) in [5, 5.41) is 12.4. The Morgan fingerprint density at radius 1 is 1.21 bits per heavy atom. The molecule has 11 nitrogen and oxygen atoms in total. The van der Waals surface area contributed by atoms with Crippen LogP contribution in [0.25, 0.3) is 0 Å². The number of unbranched alkanes of at least 4 members (excludes halogenated alkanes) is 1.